The van der Waals surface area contributed by atoms with E-state index in [1.807, 2.05) is 13.0 Å². The highest BCUT2D eigenvalue weighted by atomic mass is 32.2. The molecule has 1 aromatic carbocycles. The molecule has 0 aliphatic rings. The van der Waals surface area contributed by atoms with Gasteiger partial charge in [-0.1, -0.05) is 24.8 Å². The summed E-state index contributed by atoms with van der Waals surface area (Å²) in [6.45, 7) is 1.97. The molecule has 9 heteroatoms. The lowest BCUT2D eigenvalue weighted by molar-refractivity contribution is -0.111. The first kappa shape index (κ1) is 20.6. The summed E-state index contributed by atoms with van der Waals surface area (Å²) in [5.74, 6) is -0.0471. The summed E-state index contributed by atoms with van der Waals surface area (Å²) >= 11 is 0.936. The summed E-state index contributed by atoms with van der Waals surface area (Å²) in [5, 5.41) is 8.72. The Kier molecular flexibility index (Phi) is 7.88. The zero-order chi connectivity index (χ0) is 18.2. The van der Waals surface area contributed by atoms with E-state index in [0.717, 1.165) is 11.8 Å². The van der Waals surface area contributed by atoms with E-state index in [0.29, 0.717) is 19.8 Å². The van der Waals surface area contributed by atoms with Crippen LogP contribution in [0.15, 0.2) is 24.3 Å². The third-order valence-corrected chi connectivity index (χ3v) is 5.56. The van der Waals surface area contributed by atoms with Crippen molar-refractivity contribution in [2.24, 2.45) is 0 Å². The molecule has 0 aliphatic carbocycles. The van der Waals surface area contributed by atoms with E-state index in [-0.39, 0.29) is 28.8 Å². The Labute approximate surface area is 143 Å². The van der Waals surface area contributed by atoms with Crippen LogP contribution in [0.3, 0.4) is 0 Å². The van der Waals surface area contributed by atoms with Crippen molar-refractivity contribution in [1.82, 2.24) is 0 Å². The van der Waals surface area contributed by atoms with Crippen LogP contribution in [-0.2, 0) is 13.9 Å². The maximum absolute atomic E-state index is 13.7. The standard InChI is InChI=1S/C15H18F2NO4PS/c1-3-5-14(19)24-9-8-21-23(20,15(2,16)17)22-13-7-4-6-12(10-13)11-18/h4,6-7,10H,3,5,8-9H2,1-2H3. The Morgan fingerprint density at radius 1 is 1.46 bits per heavy atom. The minimum Gasteiger partial charge on any atom is -0.421 e. The molecule has 1 atom stereocenters. The molecule has 0 aliphatic heterocycles. The molecule has 24 heavy (non-hydrogen) atoms. The molecule has 0 bridgehead atoms. The minimum atomic E-state index is -4.80. The van der Waals surface area contributed by atoms with Gasteiger partial charge < -0.3 is 4.52 Å². The average Bonchev–Trinajstić information content (AvgIpc) is 2.51. The first-order chi connectivity index (χ1) is 11.2. The van der Waals surface area contributed by atoms with Gasteiger partial charge in [-0.2, -0.15) is 14.0 Å². The van der Waals surface area contributed by atoms with Gasteiger partial charge in [0.15, 0.2) is 5.12 Å². The SMILES string of the molecule is CCCC(=O)SCCOP(=O)(Oc1cccc(C#N)c1)C(C)(F)F. The van der Waals surface area contributed by atoms with Crippen molar-refractivity contribution in [2.75, 3.05) is 12.4 Å². The Bertz CT molecular complexity index is 658. The predicted molar refractivity (Wildman–Crippen MR) is 88.3 cm³/mol. The molecule has 5 nitrogen and oxygen atoms in total. The van der Waals surface area contributed by atoms with Crippen LogP contribution in [0.5, 0.6) is 5.75 Å². The van der Waals surface area contributed by atoms with Crippen LogP contribution in [0.2, 0.25) is 0 Å². The largest absolute Gasteiger partial charge is 0.448 e. The highest BCUT2D eigenvalue weighted by molar-refractivity contribution is 8.13. The fourth-order valence-corrected chi connectivity index (χ4v) is 3.60. The quantitative estimate of drug-likeness (QED) is 0.454. The van der Waals surface area contributed by atoms with Crippen LogP contribution in [0.4, 0.5) is 8.78 Å². The number of benzene rings is 1. The van der Waals surface area contributed by atoms with Crippen LogP contribution in [0.25, 0.3) is 0 Å². The van der Waals surface area contributed by atoms with E-state index < -0.39 is 13.3 Å². The van der Waals surface area contributed by atoms with Gasteiger partial charge in [-0.15, -0.1) is 0 Å². The lowest BCUT2D eigenvalue weighted by Crippen LogP contribution is -2.18. The van der Waals surface area contributed by atoms with E-state index in [9.17, 15) is 18.1 Å². The topological polar surface area (TPSA) is 76.4 Å². The van der Waals surface area contributed by atoms with Gasteiger partial charge in [-0.05, 0) is 24.6 Å². The zero-order valence-corrected chi connectivity index (χ0v) is 15.0. The number of hydrogen-bond acceptors (Lipinski definition) is 6. The molecule has 0 aromatic heterocycles. The fraction of sp³-hybridized carbons (Fsp3) is 0.467. The monoisotopic (exact) mass is 377 g/mol. The lowest BCUT2D eigenvalue weighted by Gasteiger charge is -2.24. The maximum Gasteiger partial charge on any atom is 0.448 e. The van der Waals surface area contributed by atoms with Gasteiger partial charge in [0.25, 0.3) is 0 Å². The summed E-state index contributed by atoms with van der Waals surface area (Å²) in [6, 6.07) is 7.21. The van der Waals surface area contributed by atoms with Gasteiger partial charge in [-0.25, -0.2) is 4.57 Å². The van der Waals surface area contributed by atoms with E-state index in [1.165, 1.54) is 24.3 Å². The second kappa shape index (κ2) is 9.16. The Morgan fingerprint density at radius 3 is 2.75 bits per heavy atom. The highest BCUT2D eigenvalue weighted by Crippen LogP contribution is 2.61. The summed E-state index contributed by atoms with van der Waals surface area (Å²) in [7, 11) is -4.80. The fourth-order valence-electron chi connectivity index (χ4n) is 1.57. The van der Waals surface area contributed by atoms with Crippen molar-refractivity contribution in [3.8, 4) is 11.8 Å². The third-order valence-electron chi connectivity index (χ3n) is 2.73. The lowest BCUT2D eigenvalue weighted by atomic mass is 10.2. The second-order valence-corrected chi connectivity index (χ2v) is 8.25. The first-order valence-electron chi connectivity index (χ1n) is 7.19. The van der Waals surface area contributed by atoms with Crippen molar-refractivity contribution < 1.29 is 27.2 Å². The molecule has 0 saturated carbocycles. The third kappa shape index (κ3) is 6.23. The van der Waals surface area contributed by atoms with Crippen LogP contribution in [0, 0.1) is 11.3 Å². The second-order valence-electron chi connectivity index (χ2n) is 4.87. The number of hydrogen-bond donors (Lipinski definition) is 0. The zero-order valence-electron chi connectivity index (χ0n) is 13.3. The maximum atomic E-state index is 13.7. The van der Waals surface area contributed by atoms with Crippen LogP contribution >= 0.6 is 19.4 Å². The molecule has 0 saturated heterocycles. The number of nitrogens with zero attached hydrogens (tertiary/aromatic N) is 1. The highest BCUT2D eigenvalue weighted by Gasteiger charge is 2.50. The van der Waals surface area contributed by atoms with Gasteiger partial charge in [0.2, 0.25) is 0 Å². The smallest absolute Gasteiger partial charge is 0.421 e. The molecule has 132 valence electrons. The Hall–Kier alpha value is -1.42. The van der Waals surface area contributed by atoms with Crippen molar-refractivity contribution in [2.45, 2.75) is 32.4 Å². The minimum absolute atomic E-state index is 0.0816. The molecule has 0 amide bonds. The normalized spacial score (nSPS) is 13.8. The Morgan fingerprint density at radius 2 is 2.17 bits per heavy atom. The number of rotatable bonds is 9. The van der Waals surface area contributed by atoms with Crippen molar-refractivity contribution in [3.05, 3.63) is 29.8 Å². The summed E-state index contributed by atoms with van der Waals surface area (Å²) in [4.78, 5) is 11.4. The molecule has 1 rings (SSSR count). The van der Waals surface area contributed by atoms with Crippen LogP contribution in [0.1, 0.15) is 32.3 Å². The van der Waals surface area contributed by atoms with Gasteiger partial charge in [0.05, 0.1) is 18.2 Å². The van der Waals surface area contributed by atoms with Crippen molar-refractivity contribution in [3.63, 3.8) is 0 Å². The molecule has 0 N–H and O–H groups in total. The first-order valence-corrected chi connectivity index (χ1v) is 9.72. The number of carbonyl (C=O) groups excluding carboxylic acids is 1. The Balaban J connectivity index is 2.75. The predicted octanol–water partition coefficient (Wildman–Crippen LogP) is 4.82. The van der Waals surface area contributed by atoms with E-state index in [1.54, 1.807) is 0 Å². The van der Waals surface area contributed by atoms with Crippen molar-refractivity contribution in [1.29, 1.82) is 5.26 Å². The van der Waals surface area contributed by atoms with Crippen LogP contribution in [-0.4, -0.2) is 23.1 Å². The molecular weight excluding hydrogens is 359 g/mol. The summed E-state index contributed by atoms with van der Waals surface area (Å²) in [6.07, 6.45) is 1.07. The van der Waals surface area contributed by atoms with E-state index in [2.05, 4.69) is 0 Å². The number of carbonyl (C=O) groups is 1. The number of thioether (sulfide) groups is 1. The van der Waals surface area contributed by atoms with Crippen LogP contribution < -0.4 is 4.52 Å². The van der Waals surface area contributed by atoms with Gasteiger partial charge in [-0.3, -0.25) is 9.32 Å². The number of halogens is 2. The van der Waals surface area contributed by atoms with Gasteiger partial charge in [0.1, 0.15) is 5.75 Å². The van der Waals surface area contributed by atoms with E-state index >= 15 is 0 Å². The molecule has 0 heterocycles. The average molecular weight is 377 g/mol. The van der Waals surface area contributed by atoms with Gasteiger partial charge in [0, 0.05) is 19.1 Å². The molecule has 0 spiro atoms. The number of alkyl halides is 2. The number of nitriles is 1. The summed E-state index contributed by atoms with van der Waals surface area (Å²) < 4.78 is 49.5. The van der Waals surface area contributed by atoms with E-state index in [4.69, 9.17) is 14.3 Å². The molecular formula is C15H18F2NO4PS. The molecule has 0 fully saturated rings. The van der Waals surface area contributed by atoms with Gasteiger partial charge >= 0.3 is 13.3 Å². The molecule has 1 unspecified atom stereocenters. The molecule has 1 aromatic rings. The van der Waals surface area contributed by atoms with Crippen molar-refractivity contribution >= 4 is 24.5 Å². The molecule has 0 radical (unpaired) electrons. The summed E-state index contributed by atoms with van der Waals surface area (Å²) in [5.41, 5.74) is -3.55.